The summed E-state index contributed by atoms with van der Waals surface area (Å²) in [6.07, 6.45) is 7.77. The first-order valence-corrected chi connectivity index (χ1v) is 8.62. The summed E-state index contributed by atoms with van der Waals surface area (Å²) in [5.41, 5.74) is -0.684. The number of carbonyl (C=O) groups excluding carboxylic acids is 2. The van der Waals surface area contributed by atoms with Gasteiger partial charge in [0.15, 0.2) is 0 Å². The van der Waals surface area contributed by atoms with Crippen LogP contribution in [0.25, 0.3) is 0 Å². The molecule has 1 amide bonds. The van der Waals surface area contributed by atoms with E-state index in [2.05, 4.69) is 0 Å². The molecule has 0 aromatic carbocycles. The lowest BCUT2D eigenvalue weighted by atomic mass is 9.80. The molecule has 118 valence electrons. The number of aliphatic hydroxyl groups is 1. The molecule has 0 spiro atoms. The van der Waals surface area contributed by atoms with Crippen molar-refractivity contribution in [2.24, 2.45) is 11.3 Å². The summed E-state index contributed by atoms with van der Waals surface area (Å²) < 4.78 is 0. The normalized spacial score (nSPS) is 34.8. The Morgan fingerprint density at radius 2 is 1.86 bits per heavy atom. The smallest absolute Gasteiger partial charge is 0.236 e. The highest BCUT2D eigenvalue weighted by Crippen LogP contribution is 2.50. The molecule has 2 aliphatic carbocycles. The van der Waals surface area contributed by atoms with E-state index in [1.807, 2.05) is 11.8 Å². The van der Waals surface area contributed by atoms with E-state index >= 15 is 0 Å². The topological polar surface area (TPSA) is 57.6 Å². The molecule has 0 aromatic heterocycles. The van der Waals surface area contributed by atoms with E-state index in [4.69, 9.17) is 0 Å². The molecule has 4 nitrogen and oxygen atoms in total. The Morgan fingerprint density at radius 3 is 2.48 bits per heavy atom. The average Bonchev–Trinajstić information content (AvgIpc) is 3.17. The van der Waals surface area contributed by atoms with Crippen molar-refractivity contribution in [1.82, 2.24) is 4.90 Å². The van der Waals surface area contributed by atoms with Crippen LogP contribution in [0, 0.1) is 11.3 Å². The minimum absolute atomic E-state index is 0.0645. The molecule has 0 radical (unpaired) electrons. The van der Waals surface area contributed by atoms with Crippen LogP contribution < -0.4 is 0 Å². The quantitative estimate of drug-likeness (QED) is 0.809. The summed E-state index contributed by atoms with van der Waals surface area (Å²) in [6, 6.07) is 0.162. The first kappa shape index (κ1) is 15.0. The maximum Gasteiger partial charge on any atom is 0.236 e. The first-order chi connectivity index (χ1) is 10.1. The van der Waals surface area contributed by atoms with Gasteiger partial charge < -0.3 is 10.0 Å². The lowest BCUT2D eigenvalue weighted by Crippen LogP contribution is -2.49. The van der Waals surface area contributed by atoms with Crippen LogP contribution >= 0.6 is 0 Å². The number of Topliss-reactive ketones (excluding diaryl/α,β-unsaturated/α-hetero) is 1. The number of carbonyl (C=O) groups is 2. The summed E-state index contributed by atoms with van der Waals surface area (Å²) in [5.74, 6) is 0.398. The number of rotatable bonds is 4. The maximum absolute atomic E-state index is 12.9. The zero-order valence-corrected chi connectivity index (χ0v) is 13.0. The van der Waals surface area contributed by atoms with Gasteiger partial charge in [-0.25, -0.2) is 0 Å². The fourth-order valence-corrected chi connectivity index (χ4v) is 4.43. The monoisotopic (exact) mass is 293 g/mol. The van der Waals surface area contributed by atoms with Crippen LogP contribution in [-0.4, -0.2) is 40.4 Å². The van der Waals surface area contributed by atoms with E-state index in [0.717, 1.165) is 57.9 Å². The molecule has 3 rings (SSSR count). The lowest BCUT2D eigenvalue weighted by Gasteiger charge is -2.38. The molecule has 1 saturated heterocycles. The van der Waals surface area contributed by atoms with Gasteiger partial charge in [0, 0.05) is 24.9 Å². The molecule has 4 heteroatoms. The van der Waals surface area contributed by atoms with Crippen LogP contribution in [0.4, 0.5) is 0 Å². The summed E-state index contributed by atoms with van der Waals surface area (Å²) in [6.45, 7) is 2.62. The van der Waals surface area contributed by atoms with Crippen LogP contribution in [0.2, 0.25) is 0 Å². The van der Waals surface area contributed by atoms with E-state index in [1.165, 1.54) is 0 Å². The Kier molecular flexibility index (Phi) is 4.08. The van der Waals surface area contributed by atoms with Gasteiger partial charge in [0.2, 0.25) is 5.91 Å². The van der Waals surface area contributed by atoms with E-state index < -0.39 is 5.41 Å². The van der Waals surface area contributed by atoms with Gasteiger partial charge in [0.05, 0.1) is 6.10 Å². The highest BCUT2D eigenvalue weighted by molar-refractivity contribution is 6.08. The minimum atomic E-state index is -0.684. The van der Waals surface area contributed by atoms with Gasteiger partial charge in [-0.15, -0.1) is 0 Å². The zero-order valence-electron chi connectivity index (χ0n) is 13.0. The van der Waals surface area contributed by atoms with Gasteiger partial charge in [0.25, 0.3) is 0 Å². The van der Waals surface area contributed by atoms with Crippen molar-refractivity contribution < 1.29 is 14.7 Å². The van der Waals surface area contributed by atoms with Crippen LogP contribution in [0.1, 0.15) is 64.7 Å². The summed E-state index contributed by atoms with van der Waals surface area (Å²) in [4.78, 5) is 27.0. The van der Waals surface area contributed by atoms with Crippen molar-refractivity contribution in [1.29, 1.82) is 0 Å². The summed E-state index contributed by atoms with van der Waals surface area (Å²) >= 11 is 0. The molecule has 0 bridgehead atoms. The van der Waals surface area contributed by atoms with Crippen LogP contribution in [0.5, 0.6) is 0 Å². The summed E-state index contributed by atoms with van der Waals surface area (Å²) in [5, 5.41) is 10.3. The van der Waals surface area contributed by atoms with E-state index in [1.54, 1.807) is 0 Å². The largest absolute Gasteiger partial charge is 0.393 e. The number of likely N-dealkylation sites (tertiary alicyclic amines) is 1. The molecule has 21 heavy (non-hydrogen) atoms. The Hall–Kier alpha value is -0.900. The third-order valence-corrected chi connectivity index (χ3v) is 5.85. The number of hydrogen-bond donors (Lipinski definition) is 1. The third-order valence-electron chi connectivity index (χ3n) is 5.85. The number of aliphatic hydroxyl groups excluding tert-OH is 1. The first-order valence-electron chi connectivity index (χ1n) is 8.62. The van der Waals surface area contributed by atoms with Crippen LogP contribution in [-0.2, 0) is 9.59 Å². The predicted molar refractivity (Wildman–Crippen MR) is 79.7 cm³/mol. The molecule has 3 unspecified atom stereocenters. The van der Waals surface area contributed by atoms with Gasteiger partial charge in [-0.3, -0.25) is 9.59 Å². The molecule has 1 aliphatic heterocycles. The highest BCUT2D eigenvalue weighted by Gasteiger charge is 2.58. The number of amides is 1. The van der Waals surface area contributed by atoms with Crippen LogP contribution in [0.3, 0.4) is 0 Å². The van der Waals surface area contributed by atoms with Gasteiger partial charge in [-0.05, 0) is 38.5 Å². The van der Waals surface area contributed by atoms with E-state index in [9.17, 15) is 14.7 Å². The molecular weight excluding hydrogens is 266 g/mol. The van der Waals surface area contributed by atoms with Crippen molar-refractivity contribution in [3.63, 3.8) is 0 Å². The Bertz CT molecular complexity index is 430. The van der Waals surface area contributed by atoms with Gasteiger partial charge >= 0.3 is 0 Å². The van der Waals surface area contributed by atoms with Gasteiger partial charge in [-0.2, -0.15) is 0 Å². The molecule has 1 heterocycles. The standard InChI is InChI=1S/C17H27NO3/c1-2-15(20)17(9-10-17)16(21)18-11-5-7-13(18)12-6-3-4-8-14(12)19/h12-14,19H,2-11H2,1H3. The van der Waals surface area contributed by atoms with E-state index in [0.29, 0.717) is 6.42 Å². The molecular formula is C17H27NO3. The molecule has 1 N–H and O–H groups in total. The summed E-state index contributed by atoms with van der Waals surface area (Å²) in [7, 11) is 0. The molecule has 2 saturated carbocycles. The Labute approximate surface area is 126 Å². The predicted octanol–water partition coefficient (Wildman–Crippen LogP) is 2.29. The lowest BCUT2D eigenvalue weighted by molar-refractivity contribution is -0.145. The second-order valence-electron chi connectivity index (χ2n) is 7.08. The molecule has 3 aliphatic rings. The highest BCUT2D eigenvalue weighted by atomic mass is 16.3. The average molecular weight is 293 g/mol. The third kappa shape index (κ3) is 2.52. The SMILES string of the molecule is CCC(=O)C1(C(=O)N2CCCC2C2CCCCC2O)CC1. The fraction of sp³-hybridized carbons (Fsp3) is 0.882. The Balaban J connectivity index is 1.75. The zero-order chi connectivity index (χ0) is 15.0. The molecule has 0 aromatic rings. The number of hydrogen-bond acceptors (Lipinski definition) is 3. The van der Waals surface area contributed by atoms with Crippen molar-refractivity contribution >= 4 is 11.7 Å². The Morgan fingerprint density at radius 1 is 1.14 bits per heavy atom. The van der Waals surface area contributed by atoms with Crippen molar-refractivity contribution in [2.75, 3.05) is 6.54 Å². The van der Waals surface area contributed by atoms with E-state index in [-0.39, 0.29) is 29.8 Å². The second-order valence-corrected chi connectivity index (χ2v) is 7.08. The van der Waals surface area contributed by atoms with Crippen LogP contribution in [0.15, 0.2) is 0 Å². The number of ketones is 1. The minimum Gasteiger partial charge on any atom is -0.393 e. The fourth-order valence-electron chi connectivity index (χ4n) is 4.43. The second kappa shape index (κ2) is 5.71. The van der Waals surface area contributed by atoms with Gasteiger partial charge in [0.1, 0.15) is 11.2 Å². The van der Waals surface area contributed by atoms with Crippen molar-refractivity contribution in [3.05, 3.63) is 0 Å². The maximum atomic E-state index is 12.9. The van der Waals surface area contributed by atoms with Crippen molar-refractivity contribution in [2.45, 2.75) is 76.9 Å². The van der Waals surface area contributed by atoms with Gasteiger partial charge in [-0.1, -0.05) is 19.8 Å². The molecule has 3 atom stereocenters. The number of nitrogens with zero attached hydrogens (tertiary/aromatic N) is 1. The van der Waals surface area contributed by atoms with Crippen molar-refractivity contribution in [3.8, 4) is 0 Å². The molecule has 3 fully saturated rings.